The van der Waals surface area contributed by atoms with Gasteiger partial charge in [-0.25, -0.2) is 4.90 Å². The van der Waals surface area contributed by atoms with E-state index in [4.69, 9.17) is 4.74 Å². The van der Waals surface area contributed by atoms with Crippen molar-refractivity contribution in [3.8, 4) is 5.75 Å². The zero-order valence-corrected chi connectivity index (χ0v) is 15.3. The van der Waals surface area contributed by atoms with Crippen LogP contribution in [-0.2, 0) is 9.59 Å². The van der Waals surface area contributed by atoms with Crippen LogP contribution in [0.4, 0.5) is 5.69 Å². The van der Waals surface area contributed by atoms with Gasteiger partial charge >= 0.3 is 0 Å². The molecule has 6 heteroatoms. The monoisotopic (exact) mass is 368 g/mol. The molecule has 0 aliphatic carbocycles. The Morgan fingerprint density at radius 3 is 2.52 bits per heavy atom. The van der Waals surface area contributed by atoms with Crippen LogP contribution >= 0.6 is 0 Å². The standard InChI is InChI=1S/C21H24N2O4/c1-2-12-27-17-10-8-16(9-11-17)23-20(25)13-18(21(23)26)22-14-19(24)15-6-4-3-5-7-15/h3-11,18-19,22,24H,2,12-14H2,1H3/t18-,19-/m1/s1. The first kappa shape index (κ1) is 19.1. The molecule has 142 valence electrons. The average molecular weight is 368 g/mol. The Labute approximate surface area is 158 Å². The molecule has 2 amide bonds. The van der Waals surface area contributed by atoms with Gasteiger partial charge in [-0.2, -0.15) is 0 Å². The number of imide groups is 1. The Morgan fingerprint density at radius 2 is 1.85 bits per heavy atom. The maximum absolute atomic E-state index is 12.7. The number of anilines is 1. The maximum Gasteiger partial charge on any atom is 0.251 e. The molecule has 0 bridgehead atoms. The molecule has 1 aliphatic heterocycles. The number of aliphatic hydroxyl groups excluding tert-OH is 1. The summed E-state index contributed by atoms with van der Waals surface area (Å²) in [6, 6.07) is 15.5. The normalized spacial score (nSPS) is 18.0. The Hall–Kier alpha value is -2.70. The van der Waals surface area contributed by atoms with Crippen LogP contribution in [0, 0.1) is 0 Å². The summed E-state index contributed by atoms with van der Waals surface area (Å²) >= 11 is 0. The zero-order valence-electron chi connectivity index (χ0n) is 15.3. The van der Waals surface area contributed by atoms with E-state index in [1.807, 2.05) is 37.3 Å². The van der Waals surface area contributed by atoms with E-state index in [0.717, 1.165) is 12.0 Å². The molecule has 0 unspecified atom stereocenters. The summed E-state index contributed by atoms with van der Waals surface area (Å²) in [6.07, 6.45) is 0.250. The summed E-state index contributed by atoms with van der Waals surface area (Å²) in [5.41, 5.74) is 1.29. The second-order valence-corrected chi connectivity index (χ2v) is 6.50. The minimum atomic E-state index is -0.738. The largest absolute Gasteiger partial charge is 0.494 e. The van der Waals surface area contributed by atoms with Crippen molar-refractivity contribution in [3.05, 3.63) is 60.2 Å². The second kappa shape index (κ2) is 8.79. The minimum absolute atomic E-state index is 0.0778. The number of amides is 2. The van der Waals surface area contributed by atoms with Gasteiger partial charge in [0.2, 0.25) is 5.91 Å². The van der Waals surface area contributed by atoms with Crippen LogP contribution < -0.4 is 15.0 Å². The summed E-state index contributed by atoms with van der Waals surface area (Å²) in [5.74, 6) is 0.150. The smallest absolute Gasteiger partial charge is 0.251 e. The molecule has 1 aliphatic rings. The Morgan fingerprint density at radius 1 is 1.15 bits per heavy atom. The van der Waals surface area contributed by atoms with Crippen molar-refractivity contribution in [1.29, 1.82) is 0 Å². The third kappa shape index (κ3) is 4.53. The predicted molar refractivity (Wildman–Crippen MR) is 103 cm³/mol. The molecule has 3 rings (SSSR count). The molecule has 2 aromatic rings. The van der Waals surface area contributed by atoms with Gasteiger partial charge in [0.05, 0.1) is 30.9 Å². The molecule has 1 saturated heterocycles. The molecule has 0 saturated carbocycles. The number of hydrogen-bond acceptors (Lipinski definition) is 5. The van der Waals surface area contributed by atoms with Gasteiger partial charge in [0, 0.05) is 6.54 Å². The highest BCUT2D eigenvalue weighted by Crippen LogP contribution is 2.25. The lowest BCUT2D eigenvalue weighted by molar-refractivity contribution is -0.121. The van der Waals surface area contributed by atoms with E-state index >= 15 is 0 Å². The zero-order chi connectivity index (χ0) is 19.2. The van der Waals surface area contributed by atoms with Crippen LogP contribution in [0.1, 0.15) is 31.4 Å². The SMILES string of the molecule is CCCOc1ccc(N2C(=O)C[C@@H](NC[C@@H](O)c3ccccc3)C2=O)cc1. The van der Waals surface area contributed by atoms with Crippen molar-refractivity contribution in [2.24, 2.45) is 0 Å². The third-order valence-corrected chi connectivity index (χ3v) is 4.46. The number of aliphatic hydroxyl groups is 1. The number of rotatable bonds is 8. The Balaban J connectivity index is 1.61. The first-order valence-corrected chi connectivity index (χ1v) is 9.16. The molecule has 6 nitrogen and oxygen atoms in total. The van der Waals surface area contributed by atoms with Crippen molar-refractivity contribution in [3.63, 3.8) is 0 Å². The maximum atomic E-state index is 12.7. The number of hydrogen-bond donors (Lipinski definition) is 2. The molecule has 27 heavy (non-hydrogen) atoms. The van der Waals surface area contributed by atoms with Gasteiger partial charge in [0.25, 0.3) is 5.91 Å². The first-order valence-electron chi connectivity index (χ1n) is 9.16. The number of benzene rings is 2. The molecule has 0 radical (unpaired) electrons. The van der Waals surface area contributed by atoms with E-state index in [-0.39, 0.29) is 24.8 Å². The van der Waals surface area contributed by atoms with Gasteiger partial charge in [0.1, 0.15) is 5.75 Å². The van der Waals surface area contributed by atoms with E-state index in [0.29, 0.717) is 18.0 Å². The number of nitrogens with one attached hydrogen (secondary N) is 1. The molecular weight excluding hydrogens is 344 g/mol. The Bertz CT molecular complexity index is 777. The van der Waals surface area contributed by atoms with Crippen molar-refractivity contribution >= 4 is 17.5 Å². The fraction of sp³-hybridized carbons (Fsp3) is 0.333. The lowest BCUT2D eigenvalue weighted by Gasteiger charge is -2.17. The highest BCUT2D eigenvalue weighted by atomic mass is 16.5. The van der Waals surface area contributed by atoms with Crippen molar-refractivity contribution in [1.82, 2.24) is 5.32 Å². The number of nitrogens with zero attached hydrogens (tertiary/aromatic N) is 1. The Kier molecular flexibility index (Phi) is 6.21. The number of ether oxygens (including phenoxy) is 1. The fourth-order valence-electron chi connectivity index (χ4n) is 3.02. The summed E-state index contributed by atoms with van der Waals surface area (Å²) < 4.78 is 5.53. The van der Waals surface area contributed by atoms with Crippen LogP contribution in [0.3, 0.4) is 0 Å². The van der Waals surface area contributed by atoms with E-state index in [2.05, 4.69) is 5.32 Å². The van der Waals surface area contributed by atoms with Gasteiger partial charge in [-0.3, -0.25) is 9.59 Å². The van der Waals surface area contributed by atoms with Gasteiger partial charge in [-0.05, 0) is 36.2 Å². The second-order valence-electron chi connectivity index (χ2n) is 6.50. The van der Waals surface area contributed by atoms with Gasteiger partial charge < -0.3 is 15.2 Å². The van der Waals surface area contributed by atoms with E-state index in [1.54, 1.807) is 24.3 Å². The third-order valence-electron chi connectivity index (χ3n) is 4.46. The van der Waals surface area contributed by atoms with Crippen LogP contribution in [0.15, 0.2) is 54.6 Å². The number of carbonyl (C=O) groups excluding carboxylic acids is 2. The van der Waals surface area contributed by atoms with Crippen molar-refractivity contribution in [2.75, 3.05) is 18.1 Å². The van der Waals surface area contributed by atoms with Gasteiger partial charge in [-0.1, -0.05) is 37.3 Å². The number of carbonyl (C=O) groups is 2. The lowest BCUT2D eigenvalue weighted by Crippen LogP contribution is -2.40. The van der Waals surface area contributed by atoms with Gasteiger partial charge in [-0.15, -0.1) is 0 Å². The summed E-state index contributed by atoms with van der Waals surface area (Å²) in [7, 11) is 0. The van der Waals surface area contributed by atoms with Crippen molar-refractivity contribution in [2.45, 2.75) is 31.9 Å². The van der Waals surface area contributed by atoms with E-state index in [1.165, 1.54) is 4.90 Å². The fourth-order valence-corrected chi connectivity index (χ4v) is 3.02. The quantitative estimate of drug-likeness (QED) is 0.700. The van der Waals surface area contributed by atoms with Crippen LogP contribution in [0.5, 0.6) is 5.75 Å². The summed E-state index contributed by atoms with van der Waals surface area (Å²) in [6.45, 7) is 2.85. The summed E-state index contributed by atoms with van der Waals surface area (Å²) in [5, 5.41) is 13.2. The molecule has 1 heterocycles. The highest BCUT2D eigenvalue weighted by molar-refractivity contribution is 6.22. The van der Waals surface area contributed by atoms with Crippen LogP contribution in [-0.4, -0.2) is 36.1 Å². The molecule has 0 aromatic heterocycles. The lowest BCUT2D eigenvalue weighted by atomic mass is 10.1. The summed E-state index contributed by atoms with van der Waals surface area (Å²) in [4.78, 5) is 26.2. The predicted octanol–water partition coefficient (Wildman–Crippen LogP) is 2.43. The topological polar surface area (TPSA) is 78.9 Å². The minimum Gasteiger partial charge on any atom is -0.494 e. The van der Waals surface area contributed by atoms with E-state index in [9.17, 15) is 14.7 Å². The van der Waals surface area contributed by atoms with Crippen LogP contribution in [0.25, 0.3) is 0 Å². The van der Waals surface area contributed by atoms with Crippen LogP contribution in [0.2, 0.25) is 0 Å². The van der Waals surface area contributed by atoms with Crippen molar-refractivity contribution < 1.29 is 19.4 Å². The molecule has 1 fully saturated rings. The average Bonchev–Trinajstić information content (AvgIpc) is 2.99. The molecule has 0 spiro atoms. The molecule has 2 N–H and O–H groups in total. The highest BCUT2D eigenvalue weighted by Gasteiger charge is 2.39. The molecular formula is C21H24N2O4. The molecule has 2 aromatic carbocycles. The molecule has 2 atom stereocenters. The van der Waals surface area contributed by atoms with E-state index < -0.39 is 12.1 Å². The first-order chi connectivity index (χ1) is 13.1. The van der Waals surface area contributed by atoms with Gasteiger partial charge in [0.15, 0.2) is 0 Å².